The molecule has 3 nitrogen and oxygen atoms in total. The number of halogens is 3. The van der Waals surface area contributed by atoms with Gasteiger partial charge in [-0.25, -0.2) is 0 Å². The van der Waals surface area contributed by atoms with Gasteiger partial charge in [0.15, 0.2) is 0 Å². The van der Waals surface area contributed by atoms with Gasteiger partial charge in [0.25, 0.3) is 0 Å². The van der Waals surface area contributed by atoms with Gasteiger partial charge in [-0.2, -0.15) is 0 Å². The first-order valence-electron chi connectivity index (χ1n) is 7.33. The second-order valence-electron chi connectivity index (χ2n) is 6.31. The van der Waals surface area contributed by atoms with Crippen molar-refractivity contribution in [3.63, 3.8) is 0 Å². The van der Waals surface area contributed by atoms with Crippen LogP contribution in [0, 0.1) is 11.8 Å². The molecule has 1 fully saturated rings. The molecule has 22 heavy (non-hydrogen) atoms. The molecule has 0 bridgehead atoms. The number of rotatable bonds is 6. The first-order chi connectivity index (χ1) is 9.82. The summed E-state index contributed by atoms with van der Waals surface area (Å²) in [4.78, 5) is 11.9. The highest BCUT2D eigenvalue weighted by atomic mass is 35.5. The third kappa shape index (κ3) is 5.02. The number of nitrogens with two attached hydrogens (primary N) is 1. The molecular formula is C16H23Cl3N2O. The third-order valence-electron chi connectivity index (χ3n) is 4.21. The fraction of sp³-hybridized carbons (Fsp3) is 0.562. The first-order valence-corrected chi connectivity index (χ1v) is 8.08. The molecule has 1 unspecified atom stereocenters. The van der Waals surface area contributed by atoms with Crippen LogP contribution in [0.25, 0.3) is 0 Å². The Labute approximate surface area is 148 Å². The zero-order chi connectivity index (χ0) is 15.6. The SMILES string of the molecule is CC(C)C(CNC(=O)C1(N)CC1)Cc1ccc(Cl)cc1Cl.Cl. The lowest BCUT2D eigenvalue weighted by molar-refractivity contribution is -0.123. The highest BCUT2D eigenvalue weighted by molar-refractivity contribution is 6.35. The minimum atomic E-state index is -0.612. The molecule has 1 aliphatic rings. The maximum Gasteiger partial charge on any atom is 0.240 e. The van der Waals surface area contributed by atoms with Gasteiger partial charge in [0.2, 0.25) is 5.91 Å². The van der Waals surface area contributed by atoms with Gasteiger partial charge in [0.05, 0.1) is 5.54 Å². The molecule has 1 saturated carbocycles. The lowest BCUT2D eigenvalue weighted by Gasteiger charge is -2.23. The molecule has 0 aromatic heterocycles. The van der Waals surface area contributed by atoms with E-state index in [9.17, 15) is 4.79 Å². The van der Waals surface area contributed by atoms with Crippen LogP contribution in [0.4, 0.5) is 0 Å². The van der Waals surface area contributed by atoms with Crippen molar-refractivity contribution in [1.29, 1.82) is 0 Å². The smallest absolute Gasteiger partial charge is 0.240 e. The van der Waals surface area contributed by atoms with Crippen LogP contribution in [0.2, 0.25) is 10.0 Å². The van der Waals surface area contributed by atoms with Gasteiger partial charge in [-0.1, -0.05) is 43.1 Å². The van der Waals surface area contributed by atoms with Crippen LogP contribution >= 0.6 is 35.6 Å². The number of amides is 1. The summed E-state index contributed by atoms with van der Waals surface area (Å²) in [6, 6.07) is 5.55. The molecular weight excluding hydrogens is 343 g/mol. The molecule has 3 N–H and O–H groups in total. The van der Waals surface area contributed by atoms with E-state index in [4.69, 9.17) is 28.9 Å². The Hall–Kier alpha value is -0.480. The summed E-state index contributed by atoms with van der Waals surface area (Å²) >= 11 is 12.2. The maximum absolute atomic E-state index is 11.9. The molecule has 0 aliphatic heterocycles. The van der Waals surface area contributed by atoms with E-state index in [2.05, 4.69) is 19.2 Å². The Morgan fingerprint density at radius 3 is 2.50 bits per heavy atom. The van der Waals surface area contributed by atoms with Crippen LogP contribution < -0.4 is 11.1 Å². The van der Waals surface area contributed by atoms with Crippen molar-refractivity contribution in [2.45, 2.75) is 38.6 Å². The second kappa shape index (κ2) is 7.87. The monoisotopic (exact) mass is 364 g/mol. The molecule has 124 valence electrons. The Kier molecular flexibility index (Phi) is 7.00. The molecule has 1 amide bonds. The number of benzene rings is 1. The van der Waals surface area contributed by atoms with Crippen LogP contribution in [0.3, 0.4) is 0 Å². The van der Waals surface area contributed by atoms with E-state index in [1.165, 1.54) is 0 Å². The van der Waals surface area contributed by atoms with Crippen LogP contribution in [0.5, 0.6) is 0 Å². The quantitative estimate of drug-likeness (QED) is 0.804. The van der Waals surface area contributed by atoms with Crippen molar-refractivity contribution in [2.75, 3.05) is 6.54 Å². The Morgan fingerprint density at radius 1 is 1.36 bits per heavy atom. The zero-order valence-corrected chi connectivity index (χ0v) is 15.2. The minimum absolute atomic E-state index is 0. The predicted molar refractivity (Wildman–Crippen MR) is 94.9 cm³/mol. The average molecular weight is 366 g/mol. The molecule has 1 aliphatic carbocycles. The summed E-state index contributed by atoms with van der Waals surface area (Å²) in [7, 11) is 0. The number of carbonyl (C=O) groups is 1. The summed E-state index contributed by atoms with van der Waals surface area (Å²) < 4.78 is 0. The van der Waals surface area contributed by atoms with Gasteiger partial charge in [-0.15, -0.1) is 12.4 Å². The molecule has 0 spiro atoms. The van der Waals surface area contributed by atoms with Crippen LogP contribution in [0.15, 0.2) is 18.2 Å². The molecule has 1 atom stereocenters. The number of nitrogens with one attached hydrogen (secondary N) is 1. The fourth-order valence-corrected chi connectivity index (χ4v) is 2.76. The van der Waals surface area contributed by atoms with E-state index < -0.39 is 5.54 Å². The maximum atomic E-state index is 11.9. The molecule has 1 aromatic rings. The van der Waals surface area contributed by atoms with Crippen molar-refractivity contribution in [3.8, 4) is 0 Å². The molecule has 6 heteroatoms. The predicted octanol–water partition coefficient (Wildman–Crippen LogP) is 3.84. The van der Waals surface area contributed by atoms with Crippen molar-refractivity contribution in [2.24, 2.45) is 17.6 Å². The van der Waals surface area contributed by atoms with Gasteiger partial charge in [-0.3, -0.25) is 4.79 Å². The van der Waals surface area contributed by atoms with E-state index in [-0.39, 0.29) is 18.3 Å². The largest absolute Gasteiger partial charge is 0.354 e. The van der Waals surface area contributed by atoms with Gasteiger partial charge in [-0.05, 0) is 48.8 Å². The van der Waals surface area contributed by atoms with Crippen LogP contribution in [-0.4, -0.2) is 18.0 Å². The Morgan fingerprint density at radius 2 is 2.00 bits per heavy atom. The van der Waals surface area contributed by atoms with E-state index >= 15 is 0 Å². The highest BCUT2D eigenvalue weighted by Crippen LogP contribution is 2.32. The van der Waals surface area contributed by atoms with Crippen molar-refractivity contribution < 1.29 is 4.79 Å². The van der Waals surface area contributed by atoms with Crippen LogP contribution in [-0.2, 0) is 11.2 Å². The van der Waals surface area contributed by atoms with Crippen LogP contribution in [0.1, 0.15) is 32.3 Å². The molecule has 0 radical (unpaired) electrons. The summed E-state index contributed by atoms with van der Waals surface area (Å²) in [5, 5.41) is 4.30. The van der Waals surface area contributed by atoms with Gasteiger partial charge >= 0.3 is 0 Å². The topological polar surface area (TPSA) is 55.1 Å². The van der Waals surface area contributed by atoms with Gasteiger partial charge in [0, 0.05) is 16.6 Å². The molecule has 0 saturated heterocycles. The van der Waals surface area contributed by atoms with Gasteiger partial charge in [0.1, 0.15) is 0 Å². The number of hydrogen-bond donors (Lipinski definition) is 2. The normalized spacial score (nSPS) is 16.8. The summed E-state index contributed by atoms with van der Waals surface area (Å²) in [6.07, 6.45) is 2.38. The van der Waals surface area contributed by atoms with Gasteiger partial charge < -0.3 is 11.1 Å². The third-order valence-corrected chi connectivity index (χ3v) is 4.79. The Bertz CT molecular complexity index is 530. The molecule has 2 rings (SSSR count). The molecule has 0 heterocycles. The standard InChI is InChI=1S/C16H22Cl2N2O.ClH/c1-10(2)12(9-20-15(21)16(19)5-6-16)7-11-3-4-13(17)8-14(11)18;/h3-4,8,10,12H,5-7,9,19H2,1-2H3,(H,20,21);1H. The molecule has 1 aromatic carbocycles. The van der Waals surface area contributed by atoms with Crippen molar-refractivity contribution in [1.82, 2.24) is 5.32 Å². The number of carbonyl (C=O) groups excluding carboxylic acids is 1. The lowest BCUT2D eigenvalue weighted by Crippen LogP contribution is -2.45. The summed E-state index contributed by atoms with van der Waals surface area (Å²) in [6.45, 7) is 4.92. The average Bonchev–Trinajstić information content (AvgIpc) is 3.15. The first kappa shape index (κ1) is 19.6. The van der Waals surface area contributed by atoms with E-state index in [0.29, 0.717) is 28.4 Å². The van der Waals surface area contributed by atoms with E-state index in [1.54, 1.807) is 6.07 Å². The van der Waals surface area contributed by atoms with E-state index in [1.807, 2.05) is 12.1 Å². The Balaban J connectivity index is 0.00000242. The second-order valence-corrected chi connectivity index (χ2v) is 7.15. The number of hydrogen-bond acceptors (Lipinski definition) is 2. The summed E-state index contributed by atoms with van der Waals surface area (Å²) in [5.74, 6) is 0.718. The fourth-order valence-electron chi connectivity index (χ4n) is 2.27. The highest BCUT2D eigenvalue weighted by Gasteiger charge is 2.45. The summed E-state index contributed by atoms with van der Waals surface area (Å²) in [5.41, 5.74) is 6.34. The minimum Gasteiger partial charge on any atom is -0.354 e. The lowest BCUT2D eigenvalue weighted by atomic mass is 9.89. The van der Waals surface area contributed by atoms with Crippen molar-refractivity contribution in [3.05, 3.63) is 33.8 Å². The van der Waals surface area contributed by atoms with Crippen molar-refractivity contribution >= 4 is 41.5 Å². The van der Waals surface area contributed by atoms with E-state index in [0.717, 1.165) is 24.8 Å². The zero-order valence-electron chi connectivity index (χ0n) is 12.9.